The highest BCUT2D eigenvalue weighted by molar-refractivity contribution is 7.10. The topological polar surface area (TPSA) is 0 Å². The summed E-state index contributed by atoms with van der Waals surface area (Å²) in [4.78, 5) is 1.17. The minimum absolute atomic E-state index is 0.144. The van der Waals surface area contributed by atoms with E-state index in [2.05, 4.69) is 20.8 Å². The quantitative estimate of drug-likeness (QED) is 0.552. The average Bonchev–Trinajstić information content (AvgIpc) is 2.38. The van der Waals surface area contributed by atoms with Crippen LogP contribution in [0.15, 0.2) is 17.5 Å². The van der Waals surface area contributed by atoms with Gasteiger partial charge in [-0.15, -0.1) is 11.3 Å². The SMILES string of the molecule is CC.[2H]c1ccsc1C(C)(C)C. The third-order valence-electron chi connectivity index (χ3n) is 1.15. The minimum atomic E-state index is 0.144. The van der Waals surface area contributed by atoms with E-state index in [1.807, 2.05) is 25.3 Å². The van der Waals surface area contributed by atoms with Crippen LogP contribution in [0.25, 0.3) is 0 Å². The summed E-state index contributed by atoms with van der Waals surface area (Å²) < 4.78 is 7.52. The standard InChI is InChI=1S/C8H12S.C2H6/c1-8(2,3)7-5-4-6-9-7;1-2/h4-6H,1-3H3;1-2H3/i5D;. The van der Waals surface area contributed by atoms with Crippen LogP contribution in [0.2, 0.25) is 0 Å². The number of hydrogen-bond acceptors (Lipinski definition) is 1. The summed E-state index contributed by atoms with van der Waals surface area (Å²) in [6.45, 7) is 10.4. The van der Waals surface area contributed by atoms with Crippen LogP contribution in [0.4, 0.5) is 0 Å². The van der Waals surface area contributed by atoms with Crippen LogP contribution in [-0.4, -0.2) is 0 Å². The van der Waals surface area contributed by atoms with Crippen molar-refractivity contribution in [3.05, 3.63) is 22.4 Å². The predicted molar refractivity (Wildman–Crippen MR) is 54.4 cm³/mol. The van der Waals surface area contributed by atoms with Crippen LogP contribution in [-0.2, 0) is 5.41 Å². The molecule has 0 aliphatic carbocycles. The van der Waals surface area contributed by atoms with E-state index in [-0.39, 0.29) is 5.41 Å². The van der Waals surface area contributed by atoms with Crippen molar-refractivity contribution in [2.24, 2.45) is 0 Å². The molecule has 64 valence electrons. The van der Waals surface area contributed by atoms with Gasteiger partial charge in [0.15, 0.2) is 0 Å². The van der Waals surface area contributed by atoms with Gasteiger partial charge in [0.1, 0.15) is 0 Å². The molecule has 0 atom stereocenters. The predicted octanol–water partition coefficient (Wildman–Crippen LogP) is 4.07. The summed E-state index contributed by atoms with van der Waals surface area (Å²) in [7, 11) is 0. The van der Waals surface area contributed by atoms with Crippen molar-refractivity contribution in [2.45, 2.75) is 40.0 Å². The van der Waals surface area contributed by atoms with Crippen LogP contribution in [0, 0.1) is 0 Å². The minimum Gasteiger partial charge on any atom is -0.148 e. The monoisotopic (exact) mass is 171 g/mol. The lowest BCUT2D eigenvalue weighted by Crippen LogP contribution is -2.07. The zero-order chi connectivity index (χ0) is 9.78. The summed E-state index contributed by atoms with van der Waals surface area (Å²) in [6, 6.07) is 2.53. The second kappa shape index (κ2) is 4.55. The summed E-state index contributed by atoms with van der Waals surface area (Å²) in [5, 5.41) is 1.98. The van der Waals surface area contributed by atoms with Gasteiger partial charge in [0.2, 0.25) is 0 Å². The second-order valence-corrected chi connectivity index (χ2v) is 4.06. The van der Waals surface area contributed by atoms with Gasteiger partial charge in [-0.1, -0.05) is 40.7 Å². The maximum atomic E-state index is 7.52. The molecule has 1 aromatic rings. The largest absolute Gasteiger partial charge is 0.148 e. The first-order chi connectivity index (χ1) is 5.52. The molecule has 0 amide bonds. The summed E-state index contributed by atoms with van der Waals surface area (Å²) >= 11 is 1.67. The van der Waals surface area contributed by atoms with Gasteiger partial charge in [-0.25, -0.2) is 0 Å². The van der Waals surface area contributed by atoms with Gasteiger partial charge >= 0.3 is 0 Å². The van der Waals surface area contributed by atoms with Gasteiger partial charge in [0.05, 0.1) is 1.37 Å². The Morgan fingerprint density at radius 3 is 2.09 bits per heavy atom. The van der Waals surface area contributed by atoms with Crippen molar-refractivity contribution in [1.29, 1.82) is 0 Å². The molecule has 0 aliphatic heterocycles. The zero-order valence-electron chi connectivity index (χ0n) is 9.06. The molecule has 0 fully saturated rings. The lowest BCUT2D eigenvalue weighted by atomic mass is 9.95. The lowest BCUT2D eigenvalue weighted by molar-refractivity contribution is 0.604. The van der Waals surface area contributed by atoms with Gasteiger partial charge in [-0.05, 0) is 16.8 Å². The molecule has 0 saturated heterocycles. The van der Waals surface area contributed by atoms with Crippen LogP contribution in [0.5, 0.6) is 0 Å². The molecule has 0 nitrogen and oxygen atoms in total. The first-order valence-electron chi connectivity index (χ1n) is 4.56. The molecular weight excluding hydrogens is 152 g/mol. The highest BCUT2D eigenvalue weighted by atomic mass is 32.1. The van der Waals surface area contributed by atoms with Gasteiger partial charge in [-0.2, -0.15) is 0 Å². The Balaban J connectivity index is 0.000000561. The average molecular weight is 171 g/mol. The smallest absolute Gasteiger partial charge is 0.0635 e. The normalized spacial score (nSPS) is 11.5. The molecule has 0 aliphatic rings. The van der Waals surface area contributed by atoms with E-state index in [4.69, 9.17) is 1.37 Å². The summed E-state index contributed by atoms with van der Waals surface area (Å²) in [5.41, 5.74) is 0.144. The van der Waals surface area contributed by atoms with E-state index in [0.29, 0.717) is 6.04 Å². The highest BCUT2D eigenvalue weighted by Crippen LogP contribution is 2.25. The summed E-state index contributed by atoms with van der Waals surface area (Å²) in [6.07, 6.45) is 0. The molecule has 0 aromatic carbocycles. The van der Waals surface area contributed by atoms with Gasteiger partial charge in [0, 0.05) is 4.88 Å². The Kier molecular flexibility index (Phi) is 3.64. The first kappa shape index (κ1) is 8.79. The first-order valence-corrected chi connectivity index (χ1v) is 4.94. The molecule has 0 saturated carbocycles. The maximum absolute atomic E-state index is 7.52. The van der Waals surface area contributed by atoms with Gasteiger partial charge in [0.25, 0.3) is 0 Å². The molecular formula is C10H18S. The number of rotatable bonds is 0. The fraction of sp³-hybridized carbons (Fsp3) is 0.600. The maximum Gasteiger partial charge on any atom is 0.0635 e. The second-order valence-electron chi connectivity index (χ2n) is 3.14. The van der Waals surface area contributed by atoms with E-state index < -0.39 is 0 Å². The number of hydrogen-bond donors (Lipinski definition) is 0. The van der Waals surface area contributed by atoms with Crippen molar-refractivity contribution >= 4 is 11.3 Å². The van der Waals surface area contributed by atoms with Crippen LogP contribution >= 0.6 is 11.3 Å². The highest BCUT2D eigenvalue weighted by Gasteiger charge is 2.13. The van der Waals surface area contributed by atoms with Crippen molar-refractivity contribution in [3.8, 4) is 0 Å². The third kappa shape index (κ3) is 3.57. The van der Waals surface area contributed by atoms with Gasteiger partial charge < -0.3 is 0 Å². The molecule has 0 N–H and O–H groups in total. The molecule has 0 radical (unpaired) electrons. The Bertz CT molecular complexity index is 220. The molecule has 0 bridgehead atoms. The zero-order valence-corrected chi connectivity index (χ0v) is 8.88. The van der Waals surface area contributed by atoms with Crippen LogP contribution < -0.4 is 0 Å². The van der Waals surface area contributed by atoms with Crippen LogP contribution in [0.1, 0.15) is 40.9 Å². The van der Waals surface area contributed by atoms with Crippen molar-refractivity contribution in [2.75, 3.05) is 0 Å². The molecule has 0 unspecified atom stereocenters. The van der Waals surface area contributed by atoms with E-state index in [9.17, 15) is 0 Å². The van der Waals surface area contributed by atoms with Gasteiger partial charge in [-0.3, -0.25) is 0 Å². The fourth-order valence-electron chi connectivity index (χ4n) is 0.639. The number of thiophene rings is 1. The van der Waals surface area contributed by atoms with Crippen molar-refractivity contribution in [1.82, 2.24) is 0 Å². The lowest BCUT2D eigenvalue weighted by Gasteiger charge is -2.14. The summed E-state index contributed by atoms with van der Waals surface area (Å²) in [5.74, 6) is 0. The van der Waals surface area contributed by atoms with E-state index in [1.165, 1.54) is 4.88 Å². The molecule has 1 heteroatoms. The third-order valence-corrected chi connectivity index (χ3v) is 2.39. The molecule has 11 heavy (non-hydrogen) atoms. The van der Waals surface area contributed by atoms with Crippen molar-refractivity contribution < 1.29 is 1.37 Å². The molecule has 1 aromatic heterocycles. The van der Waals surface area contributed by atoms with E-state index in [1.54, 1.807) is 11.3 Å². The van der Waals surface area contributed by atoms with E-state index >= 15 is 0 Å². The van der Waals surface area contributed by atoms with E-state index in [0.717, 1.165) is 0 Å². The fourth-order valence-corrected chi connectivity index (χ4v) is 1.40. The Morgan fingerprint density at radius 2 is 1.91 bits per heavy atom. The Morgan fingerprint density at radius 1 is 1.36 bits per heavy atom. The Hall–Kier alpha value is -0.300. The molecule has 1 rings (SSSR count). The van der Waals surface area contributed by atoms with Crippen molar-refractivity contribution in [3.63, 3.8) is 0 Å². The Labute approximate surface area is 75.7 Å². The molecule has 0 spiro atoms. The molecule has 1 heterocycles. The van der Waals surface area contributed by atoms with Crippen LogP contribution in [0.3, 0.4) is 0 Å².